The van der Waals surface area contributed by atoms with Crippen molar-refractivity contribution in [2.24, 2.45) is 5.92 Å². The van der Waals surface area contributed by atoms with Crippen molar-refractivity contribution >= 4 is 22.9 Å². The highest BCUT2D eigenvalue weighted by Crippen LogP contribution is 2.37. The number of nitrogens with zero attached hydrogens (tertiary/aromatic N) is 7. The lowest BCUT2D eigenvalue weighted by atomic mass is 9.86. The van der Waals surface area contributed by atoms with Crippen LogP contribution in [0.3, 0.4) is 0 Å². The lowest BCUT2D eigenvalue weighted by Gasteiger charge is -2.33. The molecular weight excluding hydrogens is 392 g/mol. The fraction of sp³-hybridized carbons (Fsp3) is 0.591. The zero-order chi connectivity index (χ0) is 20.9. The molecule has 2 bridgehead atoms. The summed E-state index contributed by atoms with van der Waals surface area (Å²) in [6.07, 6.45) is 12.6. The van der Waals surface area contributed by atoms with E-state index in [1.807, 2.05) is 6.33 Å². The molecule has 3 aromatic rings. The van der Waals surface area contributed by atoms with E-state index in [0.717, 1.165) is 43.5 Å². The van der Waals surface area contributed by atoms with Gasteiger partial charge in [-0.2, -0.15) is 4.98 Å². The van der Waals surface area contributed by atoms with Crippen molar-refractivity contribution < 1.29 is 4.74 Å². The number of morpholine rings is 1. The van der Waals surface area contributed by atoms with Crippen LogP contribution in [-0.4, -0.2) is 54.8 Å². The van der Waals surface area contributed by atoms with Gasteiger partial charge >= 0.3 is 0 Å². The predicted octanol–water partition coefficient (Wildman–Crippen LogP) is 4.09. The van der Waals surface area contributed by atoms with Crippen LogP contribution in [-0.2, 0) is 4.74 Å². The number of nitrogens with one attached hydrogen (secondary N) is 1. The van der Waals surface area contributed by atoms with Gasteiger partial charge in [0, 0.05) is 25.3 Å². The first-order valence-corrected chi connectivity index (χ1v) is 11.3. The van der Waals surface area contributed by atoms with E-state index in [9.17, 15) is 0 Å². The number of hydrogen-bond acceptors (Lipinski definition) is 7. The number of rotatable bonds is 3. The number of aromatic nitrogens is 6. The molecule has 5 heterocycles. The standard InChI is InChI=1S/C22H27N8O/c1-13-4-2-3-5-17(13)30-12-26-20-19(16-8-25-18(23)9-24-16)27-22(28-21(20)30)29-10-14-6-7-15(11-29)31-14/h8-9,12-15,17H,2-7,10-11H2,1H3,(H-,23,25)/q-1. The predicted molar refractivity (Wildman–Crippen MR) is 117 cm³/mol. The molecule has 9 heteroatoms. The van der Waals surface area contributed by atoms with E-state index >= 15 is 0 Å². The SMILES string of the molecule is CC1CCCCC1n1cnc2c(-c3cnc([NH-])cn3)nc(N3CC4CCC(C3)O4)nc21. The first-order chi connectivity index (χ1) is 15.2. The molecule has 162 valence electrons. The molecule has 4 unspecified atom stereocenters. The Hall–Kier alpha value is -2.81. The van der Waals surface area contributed by atoms with Gasteiger partial charge in [0.1, 0.15) is 11.2 Å². The second kappa shape index (κ2) is 7.40. The summed E-state index contributed by atoms with van der Waals surface area (Å²) in [6, 6.07) is 0.400. The van der Waals surface area contributed by atoms with E-state index in [2.05, 4.69) is 26.4 Å². The second-order valence-electron chi connectivity index (χ2n) is 9.17. The number of imidazole rings is 1. The Kier molecular flexibility index (Phi) is 4.52. The summed E-state index contributed by atoms with van der Waals surface area (Å²) in [5, 5.41) is 0. The van der Waals surface area contributed by atoms with Gasteiger partial charge in [0.25, 0.3) is 0 Å². The maximum Gasteiger partial charge on any atom is 0.228 e. The molecule has 1 N–H and O–H groups in total. The van der Waals surface area contributed by atoms with Crippen LogP contribution in [0.1, 0.15) is 51.5 Å². The Morgan fingerprint density at radius 3 is 2.52 bits per heavy atom. The zero-order valence-corrected chi connectivity index (χ0v) is 17.7. The van der Waals surface area contributed by atoms with Crippen molar-refractivity contribution in [3.63, 3.8) is 0 Å². The van der Waals surface area contributed by atoms with Crippen LogP contribution in [0.2, 0.25) is 0 Å². The topological polar surface area (TPSA) is 106 Å². The number of hydrogen-bond donors (Lipinski definition) is 0. The lowest BCUT2D eigenvalue weighted by Crippen LogP contribution is -2.43. The van der Waals surface area contributed by atoms with Gasteiger partial charge in [-0.3, -0.25) is 4.98 Å². The molecule has 1 aliphatic carbocycles. The first kappa shape index (κ1) is 18.9. The van der Waals surface area contributed by atoms with Gasteiger partial charge in [-0.25, -0.2) is 9.97 Å². The highest BCUT2D eigenvalue weighted by atomic mass is 16.5. The third-order valence-electron chi connectivity index (χ3n) is 7.05. The third kappa shape index (κ3) is 3.31. The lowest BCUT2D eigenvalue weighted by molar-refractivity contribution is 0.0299. The van der Waals surface area contributed by atoms with E-state index < -0.39 is 0 Å². The highest BCUT2D eigenvalue weighted by molar-refractivity contribution is 5.87. The van der Waals surface area contributed by atoms with Gasteiger partial charge < -0.3 is 24.9 Å². The smallest absolute Gasteiger partial charge is 0.228 e. The van der Waals surface area contributed by atoms with E-state index in [4.69, 9.17) is 25.4 Å². The summed E-state index contributed by atoms with van der Waals surface area (Å²) in [6.45, 7) is 3.95. The minimum absolute atomic E-state index is 0.139. The minimum Gasteiger partial charge on any atom is -0.481 e. The fourth-order valence-electron chi connectivity index (χ4n) is 5.41. The van der Waals surface area contributed by atoms with Crippen LogP contribution in [0.5, 0.6) is 0 Å². The Bertz CT molecular complexity index is 1080. The van der Waals surface area contributed by atoms with Crippen LogP contribution in [0.4, 0.5) is 11.8 Å². The number of fused-ring (bicyclic) bond motifs is 3. The minimum atomic E-state index is 0.139. The van der Waals surface area contributed by atoms with Crippen molar-refractivity contribution in [3.8, 4) is 11.4 Å². The fourth-order valence-corrected chi connectivity index (χ4v) is 5.41. The quantitative estimate of drug-likeness (QED) is 0.629. The van der Waals surface area contributed by atoms with Crippen LogP contribution in [0.15, 0.2) is 18.7 Å². The monoisotopic (exact) mass is 419 g/mol. The summed E-state index contributed by atoms with van der Waals surface area (Å²) >= 11 is 0. The van der Waals surface area contributed by atoms with Gasteiger partial charge in [0.15, 0.2) is 5.65 Å². The van der Waals surface area contributed by atoms with Gasteiger partial charge in [-0.05, 0) is 37.4 Å². The molecule has 2 saturated heterocycles. The molecule has 31 heavy (non-hydrogen) atoms. The van der Waals surface area contributed by atoms with Crippen molar-refractivity contribution in [1.29, 1.82) is 0 Å². The van der Waals surface area contributed by atoms with Crippen molar-refractivity contribution in [3.05, 3.63) is 24.5 Å². The molecule has 3 aliphatic rings. The van der Waals surface area contributed by atoms with Gasteiger partial charge in [0.2, 0.25) is 5.95 Å². The Labute approximate surface area is 181 Å². The summed E-state index contributed by atoms with van der Waals surface area (Å²) < 4.78 is 8.28. The molecule has 9 nitrogen and oxygen atoms in total. The van der Waals surface area contributed by atoms with E-state index in [0.29, 0.717) is 29.3 Å². The summed E-state index contributed by atoms with van der Waals surface area (Å²) in [7, 11) is 0. The van der Waals surface area contributed by atoms with Crippen LogP contribution >= 0.6 is 0 Å². The first-order valence-electron chi connectivity index (χ1n) is 11.3. The van der Waals surface area contributed by atoms with Gasteiger partial charge in [-0.15, -0.1) is 0 Å². The normalized spacial score (nSPS) is 28.4. The average molecular weight is 420 g/mol. The molecule has 0 radical (unpaired) electrons. The summed E-state index contributed by atoms with van der Waals surface area (Å²) in [5.74, 6) is 1.44. The summed E-state index contributed by atoms with van der Waals surface area (Å²) in [4.78, 5) is 25.5. The van der Waals surface area contributed by atoms with E-state index in [1.54, 1.807) is 6.20 Å². The molecule has 6 rings (SSSR count). The maximum absolute atomic E-state index is 7.68. The molecule has 4 atom stereocenters. The molecule has 2 aliphatic heterocycles. The maximum atomic E-state index is 7.68. The zero-order valence-electron chi connectivity index (χ0n) is 17.7. The van der Waals surface area contributed by atoms with Gasteiger partial charge in [0.05, 0.1) is 24.2 Å². The number of ether oxygens (including phenoxy) is 1. The number of anilines is 1. The Balaban J connectivity index is 1.49. The van der Waals surface area contributed by atoms with Crippen LogP contribution in [0.25, 0.3) is 28.3 Å². The van der Waals surface area contributed by atoms with Crippen LogP contribution in [0, 0.1) is 5.92 Å². The largest absolute Gasteiger partial charge is 0.481 e. The van der Waals surface area contributed by atoms with E-state index in [-0.39, 0.29) is 18.0 Å². The van der Waals surface area contributed by atoms with Crippen molar-refractivity contribution in [2.75, 3.05) is 18.0 Å². The molecule has 0 spiro atoms. The van der Waals surface area contributed by atoms with Crippen molar-refractivity contribution in [1.82, 2.24) is 29.5 Å². The van der Waals surface area contributed by atoms with Crippen molar-refractivity contribution in [2.45, 2.75) is 63.7 Å². The molecule has 3 aromatic heterocycles. The highest BCUT2D eigenvalue weighted by Gasteiger charge is 2.35. The Morgan fingerprint density at radius 2 is 1.77 bits per heavy atom. The molecule has 3 fully saturated rings. The molecule has 0 amide bonds. The average Bonchev–Trinajstić information content (AvgIpc) is 3.36. The van der Waals surface area contributed by atoms with E-state index in [1.165, 1.54) is 25.5 Å². The molecule has 0 aromatic carbocycles. The third-order valence-corrected chi connectivity index (χ3v) is 7.05. The molecular formula is C22H27N8O-. The Morgan fingerprint density at radius 1 is 0.968 bits per heavy atom. The summed E-state index contributed by atoms with van der Waals surface area (Å²) in [5.41, 5.74) is 10.6. The van der Waals surface area contributed by atoms with Gasteiger partial charge in [-0.1, -0.05) is 26.0 Å². The van der Waals surface area contributed by atoms with Crippen LogP contribution < -0.4 is 4.90 Å². The molecule has 1 saturated carbocycles. The second-order valence-corrected chi connectivity index (χ2v) is 9.17.